The third kappa shape index (κ3) is 15.8. The second kappa shape index (κ2) is 22.6. The average molecular weight is 812 g/mol. The Morgan fingerprint density at radius 1 is 0.885 bits per heavy atom. The van der Waals surface area contributed by atoms with Gasteiger partial charge in [-0.05, 0) is 61.7 Å². The van der Waals surface area contributed by atoms with E-state index in [9.17, 15) is 43.4 Å². The Kier molecular flexibility index (Phi) is 19.8. The molecule has 15 nitrogen and oxygen atoms in total. The van der Waals surface area contributed by atoms with E-state index >= 15 is 0 Å². The van der Waals surface area contributed by atoms with E-state index in [0.717, 1.165) is 17.7 Å². The zero-order valence-corrected chi connectivity index (χ0v) is 32.7. The molecule has 0 unspecified atom stereocenters. The number of anilines is 1. The van der Waals surface area contributed by atoms with Crippen molar-refractivity contribution >= 4 is 62.2 Å². The number of hydrogen-bond acceptors (Lipinski definition) is 10. The number of nitrogens with zero attached hydrogens (tertiary/aromatic N) is 4. The van der Waals surface area contributed by atoms with Gasteiger partial charge in [-0.25, -0.2) is 0 Å². The smallest absolute Gasteiger partial charge is 0.369 e. The second-order valence-electron chi connectivity index (χ2n) is 12.1. The van der Waals surface area contributed by atoms with Crippen LogP contribution in [0.2, 0.25) is 0 Å². The van der Waals surface area contributed by atoms with Crippen LogP contribution in [0.3, 0.4) is 0 Å². The van der Waals surface area contributed by atoms with Gasteiger partial charge in [0.25, 0.3) is 5.08 Å². The van der Waals surface area contributed by atoms with E-state index in [1.165, 1.54) is 11.1 Å². The van der Waals surface area contributed by atoms with Crippen LogP contribution in [0.4, 0.5) is 5.69 Å². The Balaban J connectivity index is 1.65. The number of carbonyl (C=O) groups excluding carboxylic acids is 2. The van der Waals surface area contributed by atoms with Gasteiger partial charge >= 0.3 is 21.2 Å². The molecule has 0 aliphatic rings. The van der Waals surface area contributed by atoms with Gasteiger partial charge in [0, 0.05) is 69.7 Å². The normalized spacial score (nSPS) is 12.3. The fraction of sp³-hybridized carbons (Fsp3) is 0.545. The summed E-state index contributed by atoms with van der Waals surface area (Å²) < 4.78 is 34.0. The highest BCUT2D eigenvalue weighted by molar-refractivity contribution is 7.72. The Labute approximate surface area is 314 Å². The van der Waals surface area contributed by atoms with Crippen molar-refractivity contribution in [3.05, 3.63) is 59.7 Å². The molecule has 0 heterocycles. The molecule has 2 aromatic carbocycles. The highest BCUT2D eigenvalue weighted by Crippen LogP contribution is 2.68. The van der Waals surface area contributed by atoms with Crippen LogP contribution in [0.1, 0.15) is 36.8 Å². The van der Waals surface area contributed by atoms with E-state index in [4.69, 9.17) is 32.7 Å². The number of aliphatic hydroxyl groups is 1. The van der Waals surface area contributed by atoms with Crippen molar-refractivity contribution in [2.24, 2.45) is 4.99 Å². The lowest BCUT2D eigenvalue weighted by Crippen LogP contribution is -2.34. The quantitative estimate of drug-likeness (QED) is 0.0320. The maximum Gasteiger partial charge on any atom is 0.369 e. The minimum atomic E-state index is -5.50. The average Bonchev–Trinajstić information content (AvgIpc) is 3.08. The summed E-state index contributed by atoms with van der Waals surface area (Å²) in [4.78, 5) is 71.1. The number of halogens is 2. The van der Waals surface area contributed by atoms with Crippen molar-refractivity contribution in [1.29, 1.82) is 0 Å². The number of aryl methyl sites for hydroxylation is 1. The fourth-order valence-electron chi connectivity index (χ4n) is 4.90. The molecule has 0 bridgehead atoms. The van der Waals surface area contributed by atoms with Crippen molar-refractivity contribution < 1.29 is 52.9 Å². The van der Waals surface area contributed by atoms with Crippen LogP contribution < -0.4 is 9.64 Å². The standard InChI is InChI=1S/C33H50Cl2N4O11P2/c1-37(18-14-33(42,51(43,44)45)52(46,47)48)17-5-22-49-30-8-3-7-28(24-30)25-36-26-32(41)50-23-21-38(2)31(40)9-4-6-27-10-12-29(13-11-27)39(19-15-34)20-16-35/h3,7-8,10-13,24-25,42H,4-6,9,14-23,26H2,1-2H3,(H2,43,44,45)(H2,46,47,48). The molecule has 2 aromatic rings. The van der Waals surface area contributed by atoms with Gasteiger partial charge in [-0.15, -0.1) is 23.2 Å². The van der Waals surface area contributed by atoms with E-state index in [-0.39, 0.29) is 38.8 Å². The number of rotatable bonds is 25. The molecule has 0 spiro atoms. The first kappa shape index (κ1) is 45.6. The first-order valence-corrected chi connectivity index (χ1v) is 20.9. The molecule has 0 atom stereocenters. The van der Waals surface area contributed by atoms with Gasteiger partial charge in [-0.3, -0.25) is 23.7 Å². The fourth-order valence-corrected chi connectivity index (χ4v) is 7.45. The number of esters is 1. The number of hydrogen-bond donors (Lipinski definition) is 5. The molecule has 0 aliphatic carbocycles. The summed E-state index contributed by atoms with van der Waals surface area (Å²) in [5, 5.41) is 6.55. The lowest BCUT2D eigenvalue weighted by molar-refractivity contribution is -0.143. The van der Waals surface area contributed by atoms with E-state index in [1.54, 1.807) is 43.3 Å². The number of ether oxygens (including phenoxy) is 2. The monoisotopic (exact) mass is 810 g/mol. The third-order valence-electron chi connectivity index (χ3n) is 8.02. The first-order valence-electron chi connectivity index (χ1n) is 16.6. The highest BCUT2D eigenvalue weighted by Gasteiger charge is 2.58. The van der Waals surface area contributed by atoms with Crippen LogP contribution in [0, 0.1) is 0 Å². The van der Waals surface area contributed by atoms with E-state index in [2.05, 4.69) is 9.89 Å². The molecular weight excluding hydrogens is 761 g/mol. The van der Waals surface area contributed by atoms with Gasteiger partial charge in [0.05, 0.1) is 13.2 Å². The number of aliphatic imine (C=N–C) groups is 1. The molecule has 0 aliphatic heterocycles. The second-order valence-corrected chi connectivity index (χ2v) is 16.8. The van der Waals surface area contributed by atoms with Gasteiger partial charge in [0.1, 0.15) is 18.9 Å². The van der Waals surface area contributed by atoms with Crippen molar-refractivity contribution in [3.63, 3.8) is 0 Å². The molecule has 19 heteroatoms. The molecule has 2 rings (SSSR count). The minimum Gasteiger partial charge on any atom is -0.494 e. The topological polar surface area (TPSA) is 210 Å². The first-order chi connectivity index (χ1) is 24.5. The number of benzene rings is 2. The molecule has 5 N–H and O–H groups in total. The molecule has 292 valence electrons. The van der Waals surface area contributed by atoms with E-state index in [0.29, 0.717) is 62.0 Å². The van der Waals surface area contributed by atoms with Crippen molar-refractivity contribution in [1.82, 2.24) is 9.80 Å². The summed E-state index contributed by atoms with van der Waals surface area (Å²) in [5.41, 5.74) is 2.87. The predicted molar refractivity (Wildman–Crippen MR) is 202 cm³/mol. The molecule has 0 saturated heterocycles. The number of alkyl halides is 2. The van der Waals surface area contributed by atoms with Crippen LogP contribution in [0.25, 0.3) is 0 Å². The zero-order chi connectivity index (χ0) is 38.8. The van der Waals surface area contributed by atoms with Crippen LogP contribution >= 0.6 is 38.4 Å². The van der Waals surface area contributed by atoms with Gasteiger partial charge in [0.2, 0.25) is 5.91 Å². The zero-order valence-electron chi connectivity index (χ0n) is 29.4. The van der Waals surface area contributed by atoms with Gasteiger partial charge in [0.15, 0.2) is 0 Å². The third-order valence-corrected chi connectivity index (χ3v) is 12.2. The van der Waals surface area contributed by atoms with E-state index in [1.807, 2.05) is 24.3 Å². The number of likely N-dealkylation sites (N-methyl/N-ethyl adjacent to an activating group) is 1. The Bertz CT molecular complexity index is 1500. The largest absolute Gasteiger partial charge is 0.494 e. The Morgan fingerprint density at radius 2 is 1.54 bits per heavy atom. The summed E-state index contributed by atoms with van der Waals surface area (Å²) in [6, 6.07) is 15.1. The van der Waals surface area contributed by atoms with Crippen LogP contribution in [0.15, 0.2) is 53.5 Å². The minimum absolute atomic E-state index is 0.0377. The van der Waals surface area contributed by atoms with E-state index < -0.39 is 32.7 Å². The summed E-state index contributed by atoms with van der Waals surface area (Å²) in [7, 11) is -7.75. The lowest BCUT2D eigenvalue weighted by atomic mass is 10.1. The summed E-state index contributed by atoms with van der Waals surface area (Å²) in [6.07, 6.45) is 2.96. The van der Waals surface area contributed by atoms with Crippen LogP contribution in [0.5, 0.6) is 5.75 Å². The van der Waals surface area contributed by atoms with Gasteiger partial charge in [-0.2, -0.15) is 0 Å². The maximum atomic E-state index is 12.5. The van der Waals surface area contributed by atoms with Gasteiger partial charge in [-0.1, -0.05) is 24.3 Å². The highest BCUT2D eigenvalue weighted by atomic mass is 35.5. The SMILES string of the molecule is CN(CCCOc1cccc(C=NCC(=O)OCCN(C)C(=O)CCCc2ccc(N(CCCl)CCCl)cc2)c1)CCC(O)(P(=O)(O)O)P(=O)(O)O. The molecule has 1 amide bonds. The number of amides is 1. The molecule has 52 heavy (non-hydrogen) atoms. The molecular formula is C33H50Cl2N4O11P2. The van der Waals surface area contributed by atoms with Crippen LogP contribution in [-0.4, -0.2) is 136 Å². The molecule has 0 radical (unpaired) electrons. The molecule has 0 fully saturated rings. The maximum absolute atomic E-state index is 12.5. The Morgan fingerprint density at radius 3 is 2.15 bits per heavy atom. The number of carbonyl (C=O) groups is 2. The van der Waals surface area contributed by atoms with Gasteiger partial charge < -0.3 is 48.9 Å². The summed E-state index contributed by atoms with van der Waals surface area (Å²) >= 11 is 11.8. The predicted octanol–water partition coefficient (Wildman–Crippen LogP) is 3.51. The Hall–Kier alpha value is -2.55. The van der Waals surface area contributed by atoms with Crippen molar-refractivity contribution in [2.45, 2.75) is 37.2 Å². The van der Waals surface area contributed by atoms with Crippen LogP contribution in [-0.2, 0) is 29.9 Å². The summed E-state index contributed by atoms with van der Waals surface area (Å²) in [6.45, 7) is 1.97. The lowest BCUT2D eigenvalue weighted by Gasteiger charge is -2.30. The molecule has 0 aromatic heterocycles. The summed E-state index contributed by atoms with van der Waals surface area (Å²) in [5.74, 6) is 0.991. The molecule has 0 saturated carbocycles. The van der Waals surface area contributed by atoms with Crippen molar-refractivity contribution in [3.8, 4) is 5.75 Å². The van der Waals surface area contributed by atoms with Crippen molar-refractivity contribution in [2.75, 3.05) is 83.2 Å².